The van der Waals surface area contributed by atoms with Crippen LogP contribution in [0.3, 0.4) is 0 Å². The maximum Gasteiger partial charge on any atom is 0.416 e. The summed E-state index contributed by atoms with van der Waals surface area (Å²) in [7, 11) is 1.58. The summed E-state index contributed by atoms with van der Waals surface area (Å²) in [6.07, 6.45) is -4.58. The highest BCUT2D eigenvalue weighted by Crippen LogP contribution is 2.37. The van der Waals surface area contributed by atoms with Gasteiger partial charge in [-0.15, -0.1) is 0 Å². The van der Waals surface area contributed by atoms with Crippen molar-refractivity contribution >= 4 is 23.5 Å². The number of carbonyl (C=O) groups excluding carboxylic acids is 3. The Hall–Kier alpha value is -3.63. The predicted molar refractivity (Wildman–Crippen MR) is 136 cm³/mol. The third-order valence-corrected chi connectivity index (χ3v) is 6.52. The number of ketones is 2. The number of aryl methyl sites for hydroxylation is 1. The maximum absolute atomic E-state index is 13.2. The van der Waals surface area contributed by atoms with Crippen molar-refractivity contribution < 1.29 is 45.5 Å². The highest BCUT2D eigenvalue weighted by molar-refractivity contribution is 6.13. The highest BCUT2D eigenvalue weighted by atomic mass is 19.4. The molecule has 1 aliphatic rings. The van der Waals surface area contributed by atoms with Gasteiger partial charge in [0, 0.05) is 31.0 Å². The Morgan fingerprint density at radius 2 is 1.50 bits per heavy atom. The number of hydrogen-bond acceptors (Lipinski definition) is 4. The molecule has 2 aromatic carbocycles. The van der Waals surface area contributed by atoms with Gasteiger partial charge in [0.1, 0.15) is 12.4 Å². The monoisotopic (exact) mass is 569 g/mol. The molecule has 0 bridgehead atoms. The molecule has 5 nitrogen and oxygen atoms in total. The molecule has 0 spiro atoms. The lowest BCUT2D eigenvalue weighted by Gasteiger charge is -2.19. The van der Waals surface area contributed by atoms with Crippen LogP contribution in [0.25, 0.3) is 6.08 Å². The first-order chi connectivity index (χ1) is 18.8. The van der Waals surface area contributed by atoms with Gasteiger partial charge in [-0.2, -0.15) is 26.3 Å². The van der Waals surface area contributed by atoms with E-state index in [1.165, 1.54) is 12.1 Å². The zero-order valence-electron chi connectivity index (χ0n) is 21.8. The standard InChI is InChI=1S/C29H29F6NO4/c1-36-26(38)7-5-3-2-4-6-23(37)17-40-24-10-11-25-19(15-24)8-9-20(27(25)39)12-18-13-21(28(30,31)32)16-22(14-18)29(33,34)35/h10-16H,2-9,17H2,1H3,(H,36,38)/b20-12+. The molecule has 11 heteroatoms. The van der Waals surface area contributed by atoms with Crippen molar-refractivity contribution in [3.05, 3.63) is 69.8 Å². The first-order valence-corrected chi connectivity index (χ1v) is 12.8. The fourth-order valence-electron chi connectivity index (χ4n) is 4.37. The number of amides is 1. The molecule has 0 aromatic heterocycles. The third-order valence-electron chi connectivity index (χ3n) is 6.52. The Labute approximate surface area is 227 Å². The summed E-state index contributed by atoms with van der Waals surface area (Å²) in [4.78, 5) is 36.3. The summed E-state index contributed by atoms with van der Waals surface area (Å²) in [5.41, 5.74) is -2.28. The largest absolute Gasteiger partial charge is 0.486 e. The van der Waals surface area contributed by atoms with Crippen LogP contribution in [0.2, 0.25) is 0 Å². The summed E-state index contributed by atoms with van der Waals surface area (Å²) >= 11 is 0. The van der Waals surface area contributed by atoms with Crippen molar-refractivity contribution in [2.45, 2.75) is 63.7 Å². The molecule has 2 aromatic rings. The molecule has 0 fully saturated rings. The van der Waals surface area contributed by atoms with E-state index in [-0.39, 0.29) is 47.5 Å². The van der Waals surface area contributed by atoms with Crippen LogP contribution in [-0.4, -0.2) is 31.1 Å². The van der Waals surface area contributed by atoms with E-state index in [4.69, 9.17) is 4.74 Å². The minimum atomic E-state index is -4.98. The zero-order chi connectivity index (χ0) is 29.5. The second-order valence-electron chi connectivity index (χ2n) is 9.57. The van der Waals surface area contributed by atoms with Gasteiger partial charge in [-0.25, -0.2) is 0 Å². The minimum absolute atomic E-state index is 0.0151. The predicted octanol–water partition coefficient (Wildman–Crippen LogP) is 6.97. The Kier molecular flexibility index (Phi) is 10.2. The average molecular weight is 570 g/mol. The molecule has 0 saturated heterocycles. The van der Waals surface area contributed by atoms with Crippen LogP contribution < -0.4 is 10.1 Å². The van der Waals surface area contributed by atoms with Gasteiger partial charge >= 0.3 is 12.4 Å². The van der Waals surface area contributed by atoms with Gasteiger partial charge in [0.25, 0.3) is 0 Å². The smallest absolute Gasteiger partial charge is 0.416 e. The number of rotatable bonds is 11. The molecule has 216 valence electrons. The lowest BCUT2D eigenvalue weighted by atomic mass is 9.85. The third kappa shape index (κ3) is 8.69. The van der Waals surface area contributed by atoms with Crippen LogP contribution in [0.15, 0.2) is 42.0 Å². The molecule has 1 N–H and O–H groups in total. The minimum Gasteiger partial charge on any atom is -0.486 e. The van der Waals surface area contributed by atoms with Gasteiger partial charge in [-0.1, -0.05) is 12.8 Å². The molecular weight excluding hydrogens is 540 g/mol. The number of carbonyl (C=O) groups is 3. The number of nitrogens with one attached hydrogen (secondary N) is 1. The van der Waals surface area contributed by atoms with Crippen molar-refractivity contribution in [2.24, 2.45) is 0 Å². The second-order valence-corrected chi connectivity index (χ2v) is 9.57. The Bertz CT molecular complexity index is 1250. The van der Waals surface area contributed by atoms with E-state index >= 15 is 0 Å². The summed E-state index contributed by atoms with van der Waals surface area (Å²) < 4.78 is 84.6. The number of fused-ring (bicyclic) bond motifs is 1. The lowest BCUT2D eigenvalue weighted by molar-refractivity contribution is -0.143. The molecular formula is C29H29F6NO4. The van der Waals surface area contributed by atoms with Gasteiger partial charge in [-0.05, 0) is 79.3 Å². The normalized spacial score (nSPS) is 14.7. The van der Waals surface area contributed by atoms with Crippen LogP contribution in [0.1, 0.15) is 77.6 Å². The topological polar surface area (TPSA) is 72.5 Å². The molecule has 40 heavy (non-hydrogen) atoms. The SMILES string of the molecule is CNC(=O)CCCCCCC(=O)COc1ccc2c(c1)CC/C(=C\c1cc(C(F)(F)F)cc(C(F)(F)F)c1)C2=O. The molecule has 0 unspecified atom stereocenters. The number of benzene rings is 2. The average Bonchev–Trinajstić information content (AvgIpc) is 2.89. The van der Waals surface area contributed by atoms with Crippen molar-refractivity contribution in [2.75, 3.05) is 13.7 Å². The van der Waals surface area contributed by atoms with Gasteiger partial charge < -0.3 is 10.1 Å². The highest BCUT2D eigenvalue weighted by Gasteiger charge is 2.37. The molecule has 0 saturated carbocycles. The fourth-order valence-corrected chi connectivity index (χ4v) is 4.37. The lowest BCUT2D eigenvalue weighted by Crippen LogP contribution is -2.16. The second kappa shape index (κ2) is 13.1. The van der Waals surface area contributed by atoms with Crippen molar-refractivity contribution in [1.29, 1.82) is 0 Å². The number of halogens is 6. The molecule has 0 atom stereocenters. The van der Waals surface area contributed by atoms with Crippen LogP contribution >= 0.6 is 0 Å². The Morgan fingerprint density at radius 3 is 2.10 bits per heavy atom. The molecule has 0 heterocycles. The van der Waals surface area contributed by atoms with E-state index < -0.39 is 29.3 Å². The van der Waals surface area contributed by atoms with Crippen LogP contribution in [0.4, 0.5) is 26.3 Å². The molecule has 1 aliphatic carbocycles. The molecule has 0 radical (unpaired) electrons. The van der Waals surface area contributed by atoms with Gasteiger partial charge in [0.2, 0.25) is 5.91 Å². The fraction of sp³-hybridized carbons (Fsp3) is 0.414. The number of unbranched alkanes of at least 4 members (excludes halogenated alkanes) is 3. The Balaban J connectivity index is 1.61. The van der Waals surface area contributed by atoms with E-state index in [1.807, 2.05) is 0 Å². The quantitative estimate of drug-likeness (QED) is 0.180. The first-order valence-electron chi connectivity index (χ1n) is 12.8. The Morgan fingerprint density at radius 1 is 0.875 bits per heavy atom. The van der Waals surface area contributed by atoms with Crippen molar-refractivity contribution in [3.8, 4) is 5.75 Å². The maximum atomic E-state index is 13.2. The van der Waals surface area contributed by atoms with E-state index in [0.717, 1.165) is 25.3 Å². The zero-order valence-corrected chi connectivity index (χ0v) is 21.8. The van der Waals surface area contributed by atoms with Crippen LogP contribution in [0, 0.1) is 0 Å². The summed E-state index contributed by atoms with van der Waals surface area (Å²) in [6, 6.07) is 5.81. The summed E-state index contributed by atoms with van der Waals surface area (Å²) in [5, 5.41) is 2.55. The van der Waals surface area contributed by atoms with Gasteiger partial charge in [-0.3, -0.25) is 14.4 Å². The van der Waals surface area contributed by atoms with E-state index in [1.54, 1.807) is 13.1 Å². The van der Waals surface area contributed by atoms with E-state index in [9.17, 15) is 40.7 Å². The molecule has 0 aliphatic heterocycles. The van der Waals surface area contributed by atoms with Crippen molar-refractivity contribution in [1.82, 2.24) is 5.32 Å². The molecule has 1 amide bonds. The first kappa shape index (κ1) is 30.9. The number of Topliss-reactive ketones (excluding diaryl/α,β-unsaturated/α-hetero) is 2. The van der Waals surface area contributed by atoms with E-state index in [0.29, 0.717) is 49.1 Å². The number of alkyl halides is 6. The van der Waals surface area contributed by atoms with Gasteiger partial charge in [0.05, 0.1) is 11.1 Å². The van der Waals surface area contributed by atoms with Crippen LogP contribution in [-0.2, 0) is 28.4 Å². The summed E-state index contributed by atoms with van der Waals surface area (Å²) in [6.45, 7) is -0.146. The van der Waals surface area contributed by atoms with Crippen molar-refractivity contribution in [3.63, 3.8) is 0 Å². The number of ether oxygens (including phenoxy) is 1. The van der Waals surface area contributed by atoms with Gasteiger partial charge in [0.15, 0.2) is 11.6 Å². The van der Waals surface area contributed by atoms with E-state index in [2.05, 4.69) is 5.32 Å². The summed E-state index contributed by atoms with van der Waals surface area (Å²) in [5.74, 6) is -0.222. The molecule has 3 rings (SSSR count). The number of hydrogen-bond donors (Lipinski definition) is 1. The van der Waals surface area contributed by atoms with Crippen LogP contribution in [0.5, 0.6) is 5.75 Å². The number of allylic oxidation sites excluding steroid dienone is 1.